The van der Waals surface area contributed by atoms with Gasteiger partial charge in [0.1, 0.15) is 11.5 Å². The minimum absolute atomic E-state index is 0.0607. The van der Waals surface area contributed by atoms with Gasteiger partial charge in [-0.3, -0.25) is 25.2 Å². The number of carbonyl (C=O) groups excluding carboxylic acids is 3. The molecule has 180 valence electrons. The Labute approximate surface area is 206 Å². The lowest BCUT2D eigenvalue weighted by Crippen LogP contribution is -2.41. The molecule has 35 heavy (non-hydrogen) atoms. The van der Waals surface area contributed by atoms with Crippen molar-refractivity contribution in [1.29, 1.82) is 0 Å². The van der Waals surface area contributed by atoms with E-state index in [2.05, 4.69) is 21.4 Å². The Morgan fingerprint density at radius 1 is 0.971 bits per heavy atom. The van der Waals surface area contributed by atoms with Crippen molar-refractivity contribution in [2.24, 2.45) is 5.10 Å². The van der Waals surface area contributed by atoms with E-state index in [4.69, 9.17) is 20.8 Å². The summed E-state index contributed by atoms with van der Waals surface area (Å²) in [6, 6.07) is 13.2. The van der Waals surface area contributed by atoms with Crippen molar-refractivity contribution < 1.29 is 23.5 Å². The molecule has 0 spiro atoms. The third-order valence-electron chi connectivity index (χ3n) is 5.58. The topological polar surface area (TPSA) is 122 Å². The predicted octanol–water partition coefficient (Wildman–Crippen LogP) is 3.80. The van der Waals surface area contributed by atoms with Gasteiger partial charge < -0.3 is 9.15 Å². The van der Waals surface area contributed by atoms with E-state index in [1.54, 1.807) is 62.6 Å². The molecule has 10 heteroatoms. The number of nitrogens with zero attached hydrogens (tertiary/aromatic N) is 1. The first-order valence-electron chi connectivity index (χ1n) is 10.9. The standard InChI is InChI=1S/C25H23ClN4O5/c1-14-21-19(27-28-23(31)15-10-12-16(34-2)13-11-15)8-5-9-20(21)35-22(14)25(33)30-29-24(32)17-6-3-4-7-18(17)26/h3-4,6-7,10-13H,5,8-9H2,1-2H3,(H,28,31)(H,29,32)(H,30,33)/b27-19+. The number of hydrogen-bond acceptors (Lipinski definition) is 6. The van der Waals surface area contributed by atoms with Gasteiger partial charge in [-0.15, -0.1) is 0 Å². The van der Waals surface area contributed by atoms with Crippen molar-refractivity contribution in [3.05, 3.63) is 87.3 Å². The van der Waals surface area contributed by atoms with Gasteiger partial charge in [0.2, 0.25) is 0 Å². The van der Waals surface area contributed by atoms with E-state index in [9.17, 15) is 14.4 Å². The molecule has 4 rings (SSSR count). The molecule has 0 unspecified atom stereocenters. The van der Waals surface area contributed by atoms with Gasteiger partial charge in [-0.2, -0.15) is 5.10 Å². The fraction of sp³-hybridized carbons (Fsp3) is 0.200. The molecule has 2 aromatic carbocycles. The van der Waals surface area contributed by atoms with Gasteiger partial charge in [0.05, 0.1) is 23.4 Å². The maximum atomic E-state index is 12.7. The highest BCUT2D eigenvalue weighted by molar-refractivity contribution is 6.33. The predicted molar refractivity (Wildman–Crippen MR) is 130 cm³/mol. The first kappa shape index (κ1) is 24.0. The zero-order chi connectivity index (χ0) is 24.9. The number of nitrogens with one attached hydrogen (secondary N) is 3. The van der Waals surface area contributed by atoms with Crippen LogP contribution in [0.3, 0.4) is 0 Å². The Balaban J connectivity index is 1.47. The Morgan fingerprint density at radius 2 is 1.69 bits per heavy atom. The van der Waals surface area contributed by atoms with Crippen molar-refractivity contribution in [1.82, 2.24) is 16.3 Å². The lowest BCUT2D eigenvalue weighted by molar-refractivity contribution is 0.0829. The molecule has 3 N–H and O–H groups in total. The maximum absolute atomic E-state index is 12.7. The van der Waals surface area contributed by atoms with E-state index in [1.165, 1.54) is 0 Å². The number of hydrazine groups is 1. The monoisotopic (exact) mass is 494 g/mol. The number of furan rings is 1. The van der Waals surface area contributed by atoms with Crippen LogP contribution in [0.2, 0.25) is 5.02 Å². The summed E-state index contributed by atoms with van der Waals surface area (Å²) in [4.78, 5) is 37.6. The minimum atomic E-state index is -0.612. The molecule has 0 bridgehead atoms. The first-order chi connectivity index (χ1) is 16.9. The number of hydrazone groups is 1. The van der Waals surface area contributed by atoms with Gasteiger partial charge in [0.15, 0.2) is 5.76 Å². The Hall–Kier alpha value is -4.11. The Kier molecular flexibility index (Phi) is 7.17. The van der Waals surface area contributed by atoms with Gasteiger partial charge in [0.25, 0.3) is 11.8 Å². The quantitative estimate of drug-likeness (QED) is 0.466. The Morgan fingerprint density at radius 3 is 2.40 bits per heavy atom. The lowest BCUT2D eigenvalue weighted by atomic mass is 9.93. The number of ether oxygens (including phenoxy) is 1. The third kappa shape index (κ3) is 5.20. The molecule has 0 radical (unpaired) electrons. The van der Waals surface area contributed by atoms with Gasteiger partial charge in [-0.1, -0.05) is 23.7 Å². The van der Waals surface area contributed by atoms with Crippen molar-refractivity contribution >= 4 is 35.0 Å². The van der Waals surface area contributed by atoms with Crippen LogP contribution in [0.4, 0.5) is 0 Å². The summed E-state index contributed by atoms with van der Waals surface area (Å²) in [5.74, 6) is -0.221. The molecule has 9 nitrogen and oxygen atoms in total. The second-order valence-corrected chi connectivity index (χ2v) is 8.23. The summed E-state index contributed by atoms with van der Waals surface area (Å²) in [5.41, 5.74) is 9.82. The van der Waals surface area contributed by atoms with Gasteiger partial charge in [0, 0.05) is 23.1 Å². The summed E-state index contributed by atoms with van der Waals surface area (Å²) < 4.78 is 10.9. The number of benzene rings is 2. The second-order valence-electron chi connectivity index (χ2n) is 7.82. The minimum Gasteiger partial charge on any atom is -0.497 e. The van der Waals surface area contributed by atoms with Crippen molar-refractivity contribution in [3.8, 4) is 5.75 Å². The third-order valence-corrected chi connectivity index (χ3v) is 5.91. The number of hydrogen-bond donors (Lipinski definition) is 3. The SMILES string of the molecule is COc1ccc(C(=O)N/N=C2\CCCc3oc(C(=O)NNC(=O)c4ccccc4Cl)c(C)c32)cc1. The average Bonchev–Trinajstić information content (AvgIpc) is 3.23. The number of methoxy groups -OCH3 is 1. The van der Waals surface area contributed by atoms with E-state index in [-0.39, 0.29) is 22.3 Å². The highest BCUT2D eigenvalue weighted by atomic mass is 35.5. The first-order valence-corrected chi connectivity index (χ1v) is 11.3. The summed E-state index contributed by atoms with van der Waals surface area (Å²) in [6.07, 6.45) is 1.99. The summed E-state index contributed by atoms with van der Waals surface area (Å²) in [7, 11) is 1.55. The largest absolute Gasteiger partial charge is 0.497 e. The molecule has 0 saturated carbocycles. The van der Waals surface area contributed by atoms with Crippen molar-refractivity contribution in [3.63, 3.8) is 0 Å². The molecule has 0 atom stereocenters. The number of fused-ring (bicyclic) bond motifs is 1. The zero-order valence-electron chi connectivity index (χ0n) is 19.1. The van der Waals surface area contributed by atoms with Crippen LogP contribution in [0.5, 0.6) is 5.75 Å². The van der Waals surface area contributed by atoms with E-state index < -0.39 is 11.8 Å². The van der Waals surface area contributed by atoms with Crippen LogP contribution in [-0.4, -0.2) is 30.5 Å². The smallest absolute Gasteiger partial charge is 0.305 e. The van der Waals surface area contributed by atoms with Gasteiger partial charge >= 0.3 is 5.91 Å². The molecule has 1 heterocycles. The molecule has 3 aromatic rings. The molecule has 1 aliphatic rings. The maximum Gasteiger partial charge on any atom is 0.305 e. The molecule has 1 aliphatic carbocycles. The van der Waals surface area contributed by atoms with E-state index in [1.807, 2.05) is 0 Å². The van der Waals surface area contributed by atoms with Crippen LogP contribution in [-0.2, 0) is 6.42 Å². The summed E-state index contributed by atoms with van der Waals surface area (Å²) >= 11 is 6.03. The zero-order valence-corrected chi connectivity index (χ0v) is 19.9. The van der Waals surface area contributed by atoms with Crippen LogP contribution in [0.25, 0.3) is 0 Å². The number of amides is 3. The molecular formula is C25H23ClN4O5. The molecule has 0 fully saturated rings. The van der Waals surface area contributed by atoms with Gasteiger partial charge in [-0.25, -0.2) is 5.43 Å². The molecular weight excluding hydrogens is 472 g/mol. The van der Waals surface area contributed by atoms with Crippen molar-refractivity contribution in [2.45, 2.75) is 26.2 Å². The van der Waals surface area contributed by atoms with Crippen LogP contribution in [0.1, 0.15) is 61.0 Å². The summed E-state index contributed by atoms with van der Waals surface area (Å²) in [5, 5.41) is 4.58. The molecule has 1 aromatic heterocycles. The van der Waals surface area contributed by atoms with Crippen LogP contribution in [0.15, 0.2) is 58.0 Å². The van der Waals surface area contributed by atoms with Crippen molar-refractivity contribution in [2.75, 3.05) is 7.11 Å². The molecule has 0 saturated heterocycles. The molecule has 3 amide bonds. The number of aryl methyl sites for hydroxylation is 1. The number of rotatable bonds is 5. The van der Waals surface area contributed by atoms with E-state index in [0.29, 0.717) is 46.8 Å². The number of halogens is 1. The van der Waals surface area contributed by atoms with Crippen LogP contribution >= 0.6 is 11.6 Å². The second kappa shape index (κ2) is 10.4. The van der Waals surface area contributed by atoms with E-state index in [0.717, 1.165) is 6.42 Å². The number of carbonyl (C=O) groups is 3. The fourth-order valence-electron chi connectivity index (χ4n) is 3.80. The summed E-state index contributed by atoms with van der Waals surface area (Å²) in [6.45, 7) is 1.74. The Bertz CT molecular complexity index is 1310. The normalized spacial score (nSPS) is 13.6. The van der Waals surface area contributed by atoms with Crippen LogP contribution in [0, 0.1) is 6.92 Å². The average molecular weight is 495 g/mol. The van der Waals surface area contributed by atoms with E-state index >= 15 is 0 Å². The highest BCUT2D eigenvalue weighted by Crippen LogP contribution is 2.30. The highest BCUT2D eigenvalue weighted by Gasteiger charge is 2.28. The molecule has 0 aliphatic heterocycles. The van der Waals surface area contributed by atoms with Gasteiger partial charge in [-0.05, 0) is 56.2 Å². The lowest BCUT2D eigenvalue weighted by Gasteiger charge is -2.13. The fourth-order valence-corrected chi connectivity index (χ4v) is 4.03. The van der Waals surface area contributed by atoms with Crippen LogP contribution < -0.4 is 21.0 Å².